The maximum atomic E-state index is 13.1. The fraction of sp³-hybridized carbons (Fsp3) is 0.167. The molecule has 0 saturated heterocycles. The van der Waals surface area contributed by atoms with Crippen molar-refractivity contribution in [1.82, 2.24) is 0 Å². The topological polar surface area (TPSA) is 87.9 Å². The van der Waals surface area contributed by atoms with Crippen molar-refractivity contribution in [3.05, 3.63) is 75.1 Å². The highest BCUT2D eigenvalue weighted by atomic mass is 19.1. The quantitative estimate of drug-likeness (QED) is 0.352. The highest BCUT2D eigenvalue weighted by Crippen LogP contribution is 2.33. The van der Waals surface area contributed by atoms with Gasteiger partial charge >= 0.3 is 5.97 Å². The third-order valence-corrected chi connectivity index (χ3v) is 3.61. The lowest BCUT2D eigenvalue weighted by atomic mass is 10.1. The minimum absolute atomic E-state index is 0.0191. The Morgan fingerprint density at radius 1 is 1.35 bits per heavy atom. The van der Waals surface area contributed by atoms with Crippen molar-refractivity contribution in [1.29, 1.82) is 0 Å². The van der Waals surface area contributed by atoms with Gasteiger partial charge in [0, 0.05) is 29.3 Å². The van der Waals surface area contributed by atoms with E-state index in [1.54, 1.807) is 6.07 Å². The molecular formula is C18H14FNO6. The van der Waals surface area contributed by atoms with Crippen LogP contribution in [0.3, 0.4) is 0 Å². The van der Waals surface area contributed by atoms with Crippen LogP contribution in [0.2, 0.25) is 0 Å². The van der Waals surface area contributed by atoms with Crippen molar-refractivity contribution in [2.24, 2.45) is 0 Å². The smallest absolute Gasteiger partial charge is 0.331 e. The van der Waals surface area contributed by atoms with Crippen molar-refractivity contribution >= 4 is 17.7 Å². The summed E-state index contributed by atoms with van der Waals surface area (Å²) in [5.41, 5.74) is 1.27. The van der Waals surface area contributed by atoms with E-state index in [1.165, 1.54) is 36.4 Å². The molecule has 1 aliphatic heterocycles. The lowest BCUT2D eigenvalue weighted by molar-refractivity contribution is -0.385. The molecule has 1 aliphatic rings. The van der Waals surface area contributed by atoms with Gasteiger partial charge in [-0.2, -0.15) is 0 Å². The van der Waals surface area contributed by atoms with Crippen LogP contribution in [-0.2, 0) is 27.5 Å². The number of rotatable bonds is 5. The number of carbonyl (C=O) groups excluding carboxylic acids is 1. The van der Waals surface area contributed by atoms with E-state index in [2.05, 4.69) is 0 Å². The largest absolute Gasteiger partial charge is 0.467 e. The van der Waals surface area contributed by atoms with Crippen LogP contribution in [0, 0.1) is 15.9 Å². The molecule has 0 amide bonds. The SMILES string of the molecule is O=C(C=Cc1cccc(F)c1)OCc1cc([N+](=O)[O-])cc2c1OCOC2. The number of carbonyl (C=O) groups is 1. The van der Waals surface area contributed by atoms with Gasteiger partial charge in [0.15, 0.2) is 6.79 Å². The second-order valence-corrected chi connectivity index (χ2v) is 5.46. The molecule has 0 fully saturated rings. The lowest BCUT2D eigenvalue weighted by Gasteiger charge is -2.20. The van der Waals surface area contributed by atoms with Gasteiger partial charge in [0.05, 0.1) is 11.5 Å². The van der Waals surface area contributed by atoms with E-state index in [0.29, 0.717) is 22.4 Å². The predicted octanol–water partition coefficient (Wildman–Crippen LogP) is 3.36. The number of nitro groups is 1. The summed E-state index contributed by atoms with van der Waals surface area (Å²) >= 11 is 0. The predicted molar refractivity (Wildman–Crippen MR) is 88.6 cm³/mol. The number of nitrogens with zero attached hydrogens (tertiary/aromatic N) is 1. The summed E-state index contributed by atoms with van der Waals surface area (Å²) in [7, 11) is 0. The average Bonchev–Trinajstić information content (AvgIpc) is 2.64. The van der Waals surface area contributed by atoms with Gasteiger partial charge in [-0.15, -0.1) is 0 Å². The number of hydrogen-bond donors (Lipinski definition) is 0. The van der Waals surface area contributed by atoms with E-state index in [4.69, 9.17) is 14.2 Å². The zero-order chi connectivity index (χ0) is 18.5. The van der Waals surface area contributed by atoms with E-state index in [0.717, 1.165) is 6.08 Å². The Bertz CT molecular complexity index is 880. The Hall–Kier alpha value is -3.26. The van der Waals surface area contributed by atoms with Crippen LogP contribution in [0.15, 0.2) is 42.5 Å². The van der Waals surface area contributed by atoms with Gasteiger partial charge in [0.25, 0.3) is 5.69 Å². The first-order chi connectivity index (χ1) is 12.5. The van der Waals surface area contributed by atoms with E-state index < -0.39 is 16.7 Å². The van der Waals surface area contributed by atoms with Crippen LogP contribution < -0.4 is 4.74 Å². The molecule has 0 bridgehead atoms. The van der Waals surface area contributed by atoms with E-state index >= 15 is 0 Å². The van der Waals surface area contributed by atoms with Gasteiger partial charge in [-0.05, 0) is 23.8 Å². The summed E-state index contributed by atoms with van der Waals surface area (Å²) in [6.07, 6.45) is 2.57. The number of halogens is 1. The number of non-ortho nitro benzene ring substituents is 1. The van der Waals surface area contributed by atoms with Crippen molar-refractivity contribution in [3.63, 3.8) is 0 Å². The molecule has 8 heteroatoms. The van der Waals surface area contributed by atoms with Crippen LogP contribution in [-0.4, -0.2) is 17.7 Å². The van der Waals surface area contributed by atoms with Crippen molar-refractivity contribution in [2.75, 3.05) is 6.79 Å². The number of nitro benzene ring substituents is 1. The van der Waals surface area contributed by atoms with E-state index in [-0.39, 0.29) is 25.7 Å². The zero-order valence-corrected chi connectivity index (χ0v) is 13.5. The molecule has 0 aromatic heterocycles. The average molecular weight is 359 g/mol. The summed E-state index contributed by atoms with van der Waals surface area (Å²) < 4.78 is 28.7. The molecule has 3 rings (SSSR count). The normalized spacial score (nSPS) is 13.1. The Kier molecular flexibility index (Phi) is 5.23. The Morgan fingerprint density at radius 3 is 2.96 bits per heavy atom. The minimum Gasteiger partial charge on any atom is -0.467 e. The maximum Gasteiger partial charge on any atom is 0.331 e. The van der Waals surface area contributed by atoms with Gasteiger partial charge in [0.2, 0.25) is 0 Å². The second kappa shape index (κ2) is 7.75. The van der Waals surface area contributed by atoms with Gasteiger partial charge in [-0.3, -0.25) is 10.1 Å². The molecule has 0 atom stereocenters. The number of hydrogen-bond acceptors (Lipinski definition) is 6. The molecule has 0 unspecified atom stereocenters. The van der Waals surface area contributed by atoms with Crippen LogP contribution in [0.25, 0.3) is 6.08 Å². The summed E-state index contributed by atoms with van der Waals surface area (Å²) in [4.78, 5) is 22.4. The van der Waals surface area contributed by atoms with E-state index in [9.17, 15) is 19.3 Å². The van der Waals surface area contributed by atoms with Gasteiger partial charge in [-0.1, -0.05) is 12.1 Å². The molecule has 0 spiro atoms. The first kappa shape index (κ1) is 17.6. The highest BCUT2D eigenvalue weighted by Gasteiger charge is 2.21. The Balaban J connectivity index is 1.71. The second-order valence-electron chi connectivity index (χ2n) is 5.46. The number of fused-ring (bicyclic) bond motifs is 1. The number of benzene rings is 2. The Labute approximate surface area is 147 Å². The molecular weight excluding hydrogens is 345 g/mol. The molecule has 0 aliphatic carbocycles. The summed E-state index contributed by atoms with van der Waals surface area (Å²) in [6, 6.07) is 8.39. The molecule has 2 aromatic rings. The highest BCUT2D eigenvalue weighted by molar-refractivity contribution is 5.87. The molecule has 134 valence electrons. The summed E-state index contributed by atoms with van der Waals surface area (Å²) in [5.74, 6) is -0.659. The minimum atomic E-state index is -0.665. The molecule has 26 heavy (non-hydrogen) atoms. The fourth-order valence-electron chi connectivity index (χ4n) is 2.46. The van der Waals surface area contributed by atoms with Crippen LogP contribution >= 0.6 is 0 Å². The van der Waals surface area contributed by atoms with Crippen LogP contribution in [0.1, 0.15) is 16.7 Å². The first-order valence-corrected chi connectivity index (χ1v) is 7.64. The third kappa shape index (κ3) is 4.22. The van der Waals surface area contributed by atoms with Crippen LogP contribution in [0.4, 0.5) is 10.1 Å². The monoisotopic (exact) mass is 359 g/mol. The van der Waals surface area contributed by atoms with Gasteiger partial charge in [-0.25, -0.2) is 9.18 Å². The van der Waals surface area contributed by atoms with Crippen molar-refractivity contribution in [2.45, 2.75) is 13.2 Å². The number of esters is 1. The van der Waals surface area contributed by atoms with Crippen molar-refractivity contribution < 1.29 is 28.3 Å². The van der Waals surface area contributed by atoms with Crippen molar-refractivity contribution in [3.8, 4) is 5.75 Å². The third-order valence-electron chi connectivity index (χ3n) is 3.61. The standard InChI is InChI=1S/C18H14FNO6/c19-15-3-1-2-12(6-15)4-5-17(21)25-10-14-8-16(20(22)23)7-13-9-24-11-26-18(13)14/h1-8H,9-11H2. The molecule has 1 heterocycles. The molecule has 0 N–H and O–H groups in total. The molecule has 2 aromatic carbocycles. The van der Waals surface area contributed by atoms with Crippen LogP contribution in [0.5, 0.6) is 5.75 Å². The van der Waals surface area contributed by atoms with E-state index in [1.807, 2.05) is 0 Å². The molecule has 7 nitrogen and oxygen atoms in total. The van der Waals surface area contributed by atoms with Gasteiger partial charge in [0.1, 0.15) is 18.2 Å². The molecule has 0 saturated carbocycles. The molecule has 0 radical (unpaired) electrons. The van der Waals surface area contributed by atoms with Gasteiger partial charge < -0.3 is 14.2 Å². The maximum absolute atomic E-state index is 13.1. The summed E-state index contributed by atoms with van der Waals surface area (Å²) in [5, 5.41) is 11.0. The number of ether oxygens (including phenoxy) is 3. The first-order valence-electron chi connectivity index (χ1n) is 7.64. The summed E-state index contributed by atoms with van der Waals surface area (Å²) in [6.45, 7) is -0.000989. The lowest BCUT2D eigenvalue weighted by Crippen LogP contribution is -2.14. The zero-order valence-electron chi connectivity index (χ0n) is 13.5. The fourth-order valence-corrected chi connectivity index (χ4v) is 2.46. The Morgan fingerprint density at radius 2 is 2.19 bits per heavy atom.